The van der Waals surface area contributed by atoms with Gasteiger partial charge in [0.2, 0.25) is 0 Å². The minimum absolute atomic E-state index is 0.278. The number of hydrogen-bond acceptors (Lipinski definition) is 5. The molecule has 21 heavy (non-hydrogen) atoms. The summed E-state index contributed by atoms with van der Waals surface area (Å²) in [6, 6.07) is 0.693. The number of carbonyl (C=O) groups excluding carboxylic acids is 1. The van der Waals surface area contributed by atoms with E-state index in [4.69, 9.17) is 9.63 Å². The largest absolute Gasteiger partial charge is 0.480 e. The van der Waals surface area contributed by atoms with Crippen molar-refractivity contribution < 1.29 is 19.2 Å². The molecule has 1 amide bonds. The van der Waals surface area contributed by atoms with E-state index in [1.54, 1.807) is 19.9 Å². The van der Waals surface area contributed by atoms with Gasteiger partial charge < -0.3 is 14.9 Å². The SMILES string of the molecule is CCC[C@@H](NC(=O)c1cc(C)nc2onc(C)c12)C(=O)O. The molecule has 0 aliphatic carbocycles. The lowest BCUT2D eigenvalue weighted by atomic mass is 10.1. The van der Waals surface area contributed by atoms with Gasteiger partial charge in [0.25, 0.3) is 11.6 Å². The van der Waals surface area contributed by atoms with E-state index in [0.717, 1.165) is 0 Å². The number of aliphatic carboxylic acids is 1. The van der Waals surface area contributed by atoms with Crippen molar-refractivity contribution >= 4 is 23.0 Å². The number of nitrogens with zero attached hydrogens (tertiary/aromatic N) is 2. The van der Waals surface area contributed by atoms with Crippen LogP contribution in [0.1, 0.15) is 41.5 Å². The van der Waals surface area contributed by atoms with Crippen LogP contribution in [0.25, 0.3) is 11.1 Å². The molecule has 0 unspecified atom stereocenters. The molecular weight excluding hydrogens is 274 g/mol. The van der Waals surface area contributed by atoms with Gasteiger partial charge in [-0.2, -0.15) is 0 Å². The van der Waals surface area contributed by atoms with Gasteiger partial charge in [-0.05, 0) is 26.3 Å². The van der Waals surface area contributed by atoms with Crippen LogP contribution in [0.15, 0.2) is 10.6 Å². The molecule has 0 fully saturated rings. The van der Waals surface area contributed by atoms with E-state index in [1.165, 1.54) is 0 Å². The fraction of sp³-hybridized carbons (Fsp3) is 0.429. The molecule has 0 aliphatic rings. The van der Waals surface area contributed by atoms with Crippen LogP contribution in [0.5, 0.6) is 0 Å². The molecule has 0 spiro atoms. The molecule has 0 bridgehead atoms. The van der Waals surface area contributed by atoms with Crippen molar-refractivity contribution in [2.45, 2.75) is 39.7 Å². The van der Waals surface area contributed by atoms with Crippen LogP contribution in [0.3, 0.4) is 0 Å². The Morgan fingerprint density at radius 3 is 2.76 bits per heavy atom. The van der Waals surface area contributed by atoms with Gasteiger partial charge in [-0.15, -0.1) is 0 Å². The topological polar surface area (TPSA) is 105 Å². The number of hydrogen-bond donors (Lipinski definition) is 2. The summed E-state index contributed by atoms with van der Waals surface area (Å²) in [5.41, 5.74) is 1.76. The van der Waals surface area contributed by atoms with Crippen molar-refractivity contribution in [3.63, 3.8) is 0 Å². The van der Waals surface area contributed by atoms with E-state index in [9.17, 15) is 9.59 Å². The van der Waals surface area contributed by atoms with Gasteiger partial charge in [0.15, 0.2) is 0 Å². The van der Waals surface area contributed by atoms with Gasteiger partial charge in [0.05, 0.1) is 16.6 Å². The molecule has 0 aliphatic heterocycles. The molecule has 112 valence electrons. The number of carboxylic acid groups (broad SMARTS) is 1. The minimum atomic E-state index is -1.05. The molecular formula is C14H17N3O4. The van der Waals surface area contributed by atoms with Crippen LogP contribution in [-0.4, -0.2) is 33.2 Å². The zero-order valence-electron chi connectivity index (χ0n) is 12.1. The molecule has 0 saturated heterocycles. The minimum Gasteiger partial charge on any atom is -0.480 e. The first-order chi connectivity index (χ1) is 9.93. The Labute approximate surface area is 121 Å². The number of amides is 1. The van der Waals surface area contributed by atoms with E-state index >= 15 is 0 Å². The first-order valence-electron chi connectivity index (χ1n) is 6.71. The van der Waals surface area contributed by atoms with Gasteiger partial charge in [-0.3, -0.25) is 4.79 Å². The normalized spacial score (nSPS) is 12.3. The highest BCUT2D eigenvalue weighted by Crippen LogP contribution is 2.22. The molecule has 0 aromatic carbocycles. The number of rotatable bonds is 5. The standard InChI is InChI=1S/C14H17N3O4/c1-4-5-10(14(19)20)16-12(18)9-6-7(2)15-13-11(9)8(3)17-21-13/h6,10H,4-5H2,1-3H3,(H,16,18)(H,19,20)/t10-/m1/s1. The molecule has 2 aromatic heterocycles. The van der Waals surface area contributed by atoms with Crippen molar-refractivity contribution in [1.82, 2.24) is 15.5 Å². The van der Waals surface area contributed by atoms with Crippen LogP contribution in [0.4, 0.5) is 0 Å². The van der Waals surface area contributed by atoms with Crippen molar-refractivity contribution in [3.8, 4) is 0 Å². The number of nitrogens with one attached hydrogen (secondary N) is 1. The Bertz CT molecular complexity index is 693. The first kappa shape index (κ1) is 15.0. The third-order valence-corrected chi connectivity index (χ3v) is 3.17. The molecule has 7 heteroatoms. The van der Waals surface area contributed by atoms with Crippen LogP contribution >= 0.6 is 0 Å². The highest BCUT2D eigenvalue weighted by molar-refractivity contribution is 6.07. The number of fused-ring (bicyclic) bond motifs is 1. The fourth-order valence-corrected chi connectivity index (χ4v) is 2.18. The number of carbonyl (C=O) groups is 2. The number of aryl methyl sites for hydroxylation is 2. The lowest BCUT2D eigenvalue weighted by Gasteiger charge is -2.14. The highest BCUT2D eigenvalue weighted by Gasteiger charge is 2.23. The van der Waals surface area contributed by atoms with Crippen LogP contribution < -0.4 is 5.32 Å². The molecule has 2 N–H and O–H groups in total. The zero-order chi connectivity index (χ0) is 15.6. The Hall–Kier alpha value is -2.44. The van der Waals surface area contributed by atoms with Crippen LogP contribution in [0.2, 0.25) is 0 Å². The lowest BCUT2D eigenvalue weighted by molar-refractivity contribution is -0.139. The Morgan fingerprint density at radius 2 is 2.14 bits per heavy atom. The van der Waals surface area contributed by atoms with Gasteiger partial charge in [-0.25, -0.2) is 9.78 Å². The van der Waals surface area contributed by atoms with Crippen molar-refractivity contribution in [2.24, 2.45) is 0 Å². The molecule has 0 saturated carbocycles. The average molecular weight is 291 g/mol. The predicted molar refractivity (Wildman–Crippen MR) is 75.1 cm³/mol. The molecule has 1 atom stereocenters. The summed E-state index contributed by atoms with van der Waals surface area (Å²) in [6.45, 7) is 5.30. The Morgan fingerprint density at radius 1 is 1.43 bits per heavy atom. The molecule has 2 rings (SSSR count). The summed E-state index contributed by atoms with van der Waals surface area (Å²) in [7, 11) is 0. The van der Waals surface area contributed by atoms with Gasteiger partial charge >= 0.3 is 5.97 Å². The van der Waals surface area contributed by atoms with Gasteiger partial charge in [-0.1, -0.05) is 18.5 Å². The summed E-state index contributed by atoms with van der Waals surface area (Å²) in [5, 5.41) is 16.0. The van der Waals surface area contributed by atoms with E-state index in [-0.39, 0.29) is 5.71 Å². The van der Waals surface area contributed by atoms with Gasteiger partial charge in [0, 0.05) is 5.69 Å². The molecule has 2 aromatic rings. The summed E-state index contributed by atoms with van der Waals surface area (Å²) >= 11 is 0. The lowest BCUT2D eigenvalue weighted by Crippen LogP contribution is -2.40. The highest BCUT2D eigenvalue weighted by atomic mass is 16.5. The van der Waals surface area contributed by atoms with E-state index in [1.807, 2.05) is 6.92 Å². The fourth-order valence-electron chi connectivity index (χ4n) is 2.18. The van der Waals surface area contributed by atoms with Crippen molar-refractivity contribution in [3.05, 3.63) is 23.0 Å². The summed E-state index contributed by atoms with van der Waals surface area (Å²) < 4.78 is 5.06. The summed E-state index contributed by atoms with van der Waals surface area (Å²) in [4.78, 5) is 27.7. The molecule has 0 radical (unpaired) electrons. The number of carboxylic acids is 1. The third kappa shape index (κ3) is 3.01. The van der Waals surface area contributed by atoms with Crippen molar-refractivity contribution in [2.75, 3.05) is 0 Å². The average Bonchev–Trinajstić information content (AvgIpc) is 2.78. The summed E-state index contributed by atoms with van der Waals surface area (Å²) in [6.07, 6.45) is 1.03. The second-order valence-corrected chi connectivity index (χ2v) is 4.91. The quantitative estimate of drug-likeness (QED) is 0.870. The first-order valence-corrected chi connectivity index (χ1v) is 6.71. The monoisotopic (exact) mass is 291 g/mol. The predicted octanol–water partition coefficient (Wildman–Crippen LogP) is 1.82. The number of aromatic nitrogens is 2. The van der Waals surface area contributed by atoms with Gasteiger partial charge in [0.1, 0.15) is 6.04 Å². The summed E-state index contributed by atoms with van der Waals surface area (Å²) in [5.74, 6) is -1.51. The maximum atomic E-state index is 12.4. The van der Waals surface area contributed by atoms with Crippen LogP contribution in [-0.2, 0) is 4.79 Å². The van der Waals surface area contributed by atoms with E-state index < -0.39 is 17.9 Å². The van der Waals surface area contributed by atoms with Crippen molar-refractivity contribution in [1.29, 1.82) is 0 Å². The Kier molecular flexibility index (Phi) is 4.21. The third-order valence-electron chi connectivity index (χ3n) is 3.17. The molecule has 7 nitrogen and oxygen atoms in total. The zero-order valence-corrected chi connectivity index (χ0v) is 12.1. The maximum absolute atomic E-state index is 12.4. The molecule has 2 heterocycles. The maximum Gasteiger partial charge on any atom is 0.326 e. The van der Waals surface area contributed by atoms with E-state index in [2.05, 4.69) is 15.5 Å². The number of pyridine rings is 1. The van der Waals surface area contributed by atoms with Crippen LogP contribution in [0, 0.1) is 13.8 Å². The van der Waals surface area contributed by atoms with E-state index in [0.29, 0.717) is 35.2 Å². The smallest absolute Gasteiger partial charge is 0.326 e. The second-order valence-electron chi connectivity index (χ2n) is 4.91. The second kappa shape index (κ2) is 5.90. The Balaban J connectivity index is 2.39.